The van der Waals surface area contributed by atoms with Gasteiger partial charge in [-0.3, -0.25) is 4.90 Å². The molecule has 1 aliphatic heterocycles. The van der Waals surface area contributed by atoms with Crippen molar-refractivity contribution in [1.29, 1.82) is 0 Å². The SMILES string of the molecule is COC1CCC(NCC(c2ccco2)N2CCCC2)CC1. The lowest BCUT2D eigenvalue weighted by Crippen LogP contribution is -2.41. The smallest absolute Gasteiger partial charge is 0.122 e. The van der Waals surface area contributed by atoms with Crippen LogP contribution in [0, 0.1) is 0 Å². The summed E-state index contributed by atoms with van der Waals surface area (Å²) in [7, 11) is 1.83. The van der Waals surface area contributed by atoms with Gasteiger partial charge in [-0.15, -0.1) is 0 Å². The summed E-state index contributed by atoms with van der Waals surface area (Å²) in [5.41, 5.74) is 0. The van der Waals surface area contributed by atoms with E-state index in [2.05, 4.69) is 16.3 Å². The lowest BCUT2D eigenvalue weighted by atomic mass is 9.93. The van der Waals surface area contributed by atoms with Crippen LogP contribution in [0.5, 0.6) is 0 Å². The molecule has 1 N–H and O–H groups in total. The maximum absolute atomic E-state index is 5.68. The molecule has 0 bridgehead atoms. The zero-order valence-electron chi connectivity index (χ0n) is 13.1. The molecule has 0 aromatic carbocycles. The highest BCUT2D eigenvalue weighted by Gasteiger charge is 2.27. The minimum atomic E-state index is 0.391. The summed E-state index contributed by atoms with van der Waals surface area (Å²) in [6.07, 6.45) is 9.72. The minimum absolute atomic E-state index is 0.391. The number of furan rings is 1. The van der Waals surface area contributed by atoms with Gasteiger partial charge in [-0.05, 0) is 63.7 Å². The van der Waals surface area contributed by atoms with Gasteiger partial charge in [0.25, 0.3) is 0 Å². The first-order valence-corrected chi connectivity index (χ1v) is 8.40. The van der Waals surface area contributed by atoms with E-state index in [1.807, 2.05) is 13.2 Å². The Morgan fingerprint density at radius 2 is 2.05 bits per heavy atom. The topological polar surface area (TPSA) is 37.6 Å². The van der Waals surface area contributed by atoms with Gasteiger partial charge >= 0.3 is 0 Å². The molecule has 2 fully saturated rings. The van der Waals surface area contributed by atoms with Gasteiger partial charge in [-0.25, -0.2) is 0 Å². The molecule has 118 valence electrons. The Morgan fingerprint density at radius 1 is 1.29 bits per heavy atom. The normalized spacial score (nSPS) is 28.8. The summed E-state index contributed by atoms with van der Waals surface area (Å²) in [6, 6.07) is 5.15. The van der Waals surface area contributed by atoms with Crippen LogP contribution in [-0.4, -0.2) is 43.8 Å². The van der Waals surface area contributed by atoms with Crippen LogP contribution in [0.3, 0.4) is 0 Å². The van der Waals surface area contributed by atoms with E-state index in [0.717, 1.165) is 12.3 Å². The van der Waals surface area contributed by atoms with E-state index in [9.17, 15) is 0 Å². The van der Waals surface area contributed by atoms with Crippen molar-refractivity contribution in [1.82, 2.24) is 10.2 Å². The highest BCUT2D eigenvalue weighted by Crippen LogP contribution is 2.26. The Hall–Kier alpha value is -0.840. The largest absolute Gasteiger partial charge is 0.468 e. The van der Waals surface area contributed by atoms with Crippen LogP contribution in [0.4, 0.5) is 0 Å². The quantitative estimate of drug-likeness (QED) is 0.875. The lowest BCUT2D eigenvalue weighted by Gasteiger charge is -2.32. The van der Waals surface area contributed by atoms with Gasteiger partial charge in [0, 0.05) is 19.7 Å². The van der Waals surface area contributed by atoms with E-state index in [0.29, 0.717) is 18.2 Å². The predicted molar refractivity (Wildman–Crippen MR) is 83.3 cm³/mol. The summed E-state index contributed by atoms with van der Waals surface area (Å²) in [4.78, 5) is 2.56. The van der Waals surface area contributed by atoms with E-state index >= 15 is 0 Å². The zero-order chi connectivity index (χ0) is 14.5. The maximum atomic E-state index is 5.68. The van der Waals surface area contributed by atoms with E-state index < -0.39 is 0 Å². The van der Waals surface area contributed by atoms with Gasteiger partial charge in [0.15, 0.2) is 0 Å². The molecule has 1 aromatic heterocycles. The summed E-state index contributed by atoms with van der Waals surface area (Å²) in [5, 5.41) is 3.77. The molecule has 21 heavy (non-hydrogen) atoms. The number of hydrogen-bond donors (Lipinski definition) is 1. The molecule has 0 amide bonds. The van der Waals surface area contributed by atoms with Crippen molar-refractivity contribution in [2.45, 2.75) is 56.7 Å². The number of ether oxygens (including phenoxy) is 1. The fraction of sp³-hybridized carbons (Fsp3) is 0.765. The van der Waals surface area contributed by atoms with E-state index in [1.165, 1.54) is 51.6 Å². The van der Waals surface area contributed by atoms with Gasteiger partial charge in [-0.1, -0.05) is 0 Å². The third-order valence-corrected chi connectivity index (χ3v) is 5.06. The van der Waals surface area contributed by atoms with Crippen molar-refractivity contribution in [3.05, 3.63) is 24.2 Å². The van der Waals surface area contributed by atoms with Crippen LogP contribution in [0.1, 0.15) is 50.3 Å². The number of likely N-dealkylation sites (tertiary alicyclic amines) is 1. The second-order valence-electron chi connectivity index (χ2n) is 6.39. The van der Waals surface area contributed by atoms with Crippen LogP contribution in [0.15, 0.2) is 22.8 Å². The van der Waals surface area contributed by atoms with Crippen LogP contribution >= 0.6 is 0 Å². The first-order valence-electron chi connectivity index (χ1n) is 8.40. The van der Waals surface area contributed by atoms with Crippen LogP contribution in [0.2, 0.25) is 0 Å². The second kappa shape index (κ2) is 7.43. The molecule has 4 nitrogen and oxygen atoms in total. The van der Waals surface area contributed by atoms with E-state index in [4.69, 9.17) is 9.15 Å². The van der Waals surface area contributed by atoms with Gasteiger partial charge in [0.05, 0.1) is 18.4 Å². The predicted octanol–water partition coefficient (Wildman–Crippen LogP) is 2.96. The minimum Gasteiger partial charge on any atom is -0.468 e. The molecule has 2 aliphatic rings. The van der Waals surface area contributed by atoms with E-state index in [1.54, 1.807) is 6.26 Å². The summed E-state index contributed by atoms with van der Waals surface area (Å²) in [5.74, 6) is 1.11. The Kier molecular flexibility index (Phi) is 5.33. The molecule has 1 aliphatic carbocycles. The monoisotopic (exact) mass is 292 g/mol. The van der Waals surface area contributed by atoms with Gasteiger partial charge in [0.1, 0.15) is 5.76 Å². The number of nitrogens with one attached hydrogen (secondary N) is 1. The molecule has 4 heteroatoms. The Balaban J connectivity index is 1.53. The Labute approximate surface area is 127 Å². The van der Waals surface area contributed by atoms with Crippen molar-refractivity contribution in [3.63, 3.8) is 0 Å². The van der Waals surface area contributed by atoms with E-state index in [-0.39, 0.29) is 0 Å². The molecule has 3 rings (SSSR count). The summed E-state index contributed by atoms with van der Waals surface area (Å²) >= 11 is 0. The average molecular weight is 292 g/mol. The molecule has 1 saturated heterocycles. The van der Waals surface area contributed by atoms with Crippen molar-refractivity contribution in [2.75, 3.05) is 26.7 Å². The van der Waals surface area contributed by atoms with Crippen molar-refractivity contribution < 1.29 is 9.15 Å². The molecule has 1 aromatic rings. The first-order chi connectivity index (χ1) is 10.4. The molecule has 0 radical (unpaired) electrons. The third kappa shape index (κ3) is 3.87. The maximum Gasteiger partial charge on any atom is 0.122 e. The number of methoxy groups -OCH3 is 1. The number of rotatable bonds is 6. The molecule has 1 saturated carbocycles. The zero-order valence-corrected chi connectivity index (χ0v) is 13.1. The molecule has 1 atom stereocenters. The second-order valence-corrected chi connectivity index (χ2v) is 6.39. The van der Waals surface area contributed by atoms with Gasteiger partial charge < -0.3 is 14.5 Å². The standard InChI is InChI=1S/C17H28N2O2/c1-20-15-8-6-14(7-9-15)18-13-16(17-5-4-12-21-17)19-10-2-3-11-19/h4-5,12,14-16,18H,2-3,6-11,13H2,1H3. The fourth-order valence-corrected chi connectivity index (χ4v) is 3.72. The molecule has 0 spiro atoms. The third-order valence-electron chi connectivity index (χ3n) is 5.06. The molecule has 2 heterocycles. The van der Waals surface area contributed by atoms with Crippen LogP contribution in [0.25, 0.3) is 0 Å². The Bertz CT molecular complexity index is 393. The Morgan fingerprint density at radius 3 is 2.67 bits per heavy atom. The average Bonchev–Trinajstić information content (AvgIpc) is 3.22. The first kappa shape index (κ1) is 15.1. The van der Waals surface area contributed by atoms with Crippen LogP contribution in [-0.2, 0) is 4.74 Å². The molecule has 1 unspecified atom stereocenters. The number of hydrogen-bond acceptors (Lipinski definition) is 4. The molecular weight excluding hydrogens is 264 g/mol. The summed E-state index contributed by atoms with van der Waals surface area (Å²) in [6.45, 7) is 3.39. The van der Waals surface area contributed by atoms with Crippen LogP contribution < -0.4 is 5.32 Å². The highest BCUT2D eigenvalue weighted by molar-refractivity contribution is 5.06. The summed E-state index contributed by atoms with van der Waals surface area (Å²) < 4.78 is 11.1. The van der Waals surface area contributed by atoms with Crippen molar-refractivity contribution in [2.24, 2.45) is 0 Å². The van der Waals surface area contributed by atoms with Gasteiger partial charge in [0.2, 0.25) is 0 Å². The van der Waals surface area contributed by atoms with Crippen molar-refractivity contribution >= 4 is 0 Å². The fourth-order valence-electron chi connectivity index (χ4n) is 3.72. The number of nitrogens with zero attached hydrogens (tertiary/aromatic N) is 1. The highest BCUT2D eigenvalue weighted by atomic mass is 16.5. The van der Waals surface area contributed by atoms with Crippen molar-refractivity contribution in [3.8, 4) is 0 Å². The molecular formula is C17H28N2O2. The van der Waals surface area contributed by atoms with Gasteiger partial charge in [-0.2, -0.15) is 0 Å². The lowest BCUT2D eigenvalue weighted by molar-refractivity contribution is 0.0612.